The molecule has 0 aromatic heterocycles. The Bertz CT molecular complexity index is 724. The predicted octanol–water partition coefficient (Wildman–Crippen LogP) is 0.754. The fourth-order valence-corrected chi connectivity index (χ4v) is 3.88. The molecule has 0 saturated carbocycles. The molecule has 3 atom stereocenters. The van der Waals surface area contributed by atoms with Gasteiger partial charge in [-0.1, -0.05) is 6.07 Å². The Labute approximate surface area is 165 Å². The van der Waals surface area contributed by atoms with Gasteiger partial charge in [-0.15, -0.1) is 0 Å². The lowest BCUT2D eigenvalue weighted by Crippen LogP contribution is -2.47. The average molecular weight is 391 g/mol. The van der Waals surface area contributed by atoms with E-state index in [1.165, 1.54) is 7.11 Å². The zero-order valence-electron chi connectivity index (χ0n) is 16.9. The van der Waals surface area contributed by atoms with E-state index in [2.05, 4.69) is 10.2 Å². The molecule has 0 bridgehead atoms. The van der Waals surface area contributed by atoms with Crippen molar-refractivity contribution in [2.75, 3.05) is 48.0 Å². The molecule has 2 saturated heterocycles. The Morgan fingerprint density at radius 1 is 1.25 bits per heavy atom. The highest BCUT2D eigenvalue weighted by atomic mass is 16.5. The molecular formula is C20H29N3O5. The first-order valence-electron chi connectivity index (χ1n) is 9.50. The molecule has 8 heteroatoms. The zero-order valence-corrected chi connectivity index (χ0v) is 16.9. The molecular weight excluding hydrogens is 362 g/mol. The number of hydrogen-bond acceptors (Lipinski definition) is 6. The van der Waals surface area contributed by atoms with Crippen molar-refractivity contribution in [3.05, 3.63) is 23.8 Å². The van der Waals surface area contributed by atoms with E-state index < -0.39 is 0 Å². The lowest BCUT2D eigenvalue weighted by molar-refractivity contribution is -0.134. The number of carbonyl (C=O) groups excluding carboxylic acids is 2. The first-order chi connectivity index (χ1) is 13.4. The van der Waals surface area contributed by atoms with Gasteiger partial charge in [0.25, 0.3) is 5.91 Å². The minimum absolute atomic E-state index is 0.0281. The zero-order chi connectivity index (χ0) is 20.3. The van der Waals surface area contributed by atoms with Crippen LogP contribution in [0.25, 0.3) is 0 Å². The number of fused-ring (bicyclic) bond motifs is 1. The van der Waals surface area contributed by atoms with Gasteiger partial charge in [-0.2, -0.15) is 0 Å². The number of benzene rings is 1. The highest BCUT2D eigenvalue weighted by Crippen LogP contribution is 2.31. The summed E-state index contributed by atoms with van der Waals surface area (Å²) in [4.78, 5) is 28.6. The van der Waals surface area contributed by atoms with Crippen molar-refractivity contribution >= 4 is 11.8 Å². The van der Waals surface area contributed by atoms with Crippen LogP contribution in [0.5, 0.6) is 11.5 Å². The molecule has 0 unspecified atom stereocenters. The first kappa shape index (κ1) is 20.4. The second-order valence-corrected chi connectivity index (χ2v) is 7.50. The first-order valence-corrected chi connectivity index (χ1v) is 9.50. The summed E-state index contributed by atoms with van der Waals surface area (Å²) in [6.07, 6.45) is 1.11. The Hall–Kier alpha value is -2.32. The van der Waals surface area contributed by atoms with E-state index in [9.17, 15) is 9.59 Å². The van der Waals surface area contributed by atoms with E-state index in [0.717, 1.165) is 13.0 Å². The number of para-hydroxylation sites is 1. The molecule has 2 heterocycles. The van der Waals surface area contributed by atoms with Gasteiger partial charge < -0.3 is 24.4 Å². The number of hydrogen-bond donors (Lipinski definition) is 1. The number of rotatable bonds is 6. The Morgan fingerprint density at radius 2 is 2.04 bits per heavy atom. The number of ether oxygens (including phenoxy) is 3. The summed E-state index contributed by atoms with van der Waals surface area (Å²) in [6.45, 7) is 2.04. The molecule has 0 spiro atoms. The van der Waals surface area contributed by atoms with Gasteiger partial charge in [-0.05, 0) is 18.6 Å². The van der Waals surface area contributed by atoms with Crippen molar-refractivity contribution in [1.29, 1.82) is 0 Å². The maximum absolute atomic E-state index is 12.8. The SMILES string of the molecule is COc1cccc(C(=O)N[C@@H]2C[C@H]3CO[C@@H](CC(=O)N(C)C)CN3C2)c1OC. The Balaban J connectivity index is 1.59. The van der Waals surface area contributed by atoms with Crippen LogP contribution in [0.15, 0.2) is 18.2 Å². The van der Waals surface area contributed by atoms with E-state index in [1.54, 1.807) is 44.3 Å². The molecule has 2 aliphatic heterocycles. The van der Waals surface area contributed by atoms with E-state index >= 15 is 0 Å². The minimum Gasteiger partial charge on any atom is -0.493 e. The molecule has 154 valence electrons. The van der Waals surface area contributed by atoms with Gasteiger partial charge in [0.1, 0.15) is 0 Å². The van der Waals surface area contributed by atoms with Crippen molar-refractivity contribution in [1.82, 2.24) is 15.1 Å². The number of carbonyl (C=O) groups is 2. The van der Waals surface area contributed by atoms with Gasteiger partial charge in [-0.25, -0.2) is 0 Å². The van der Waals surface area contributed by atoms with Gasteiger partial charge in [0.15, 0.2) is 11.5 Å². The second-order valence-electron chi connectivity index (χ2n) is 7.50. The summed E-state index contributed by atoms with van der Waals surface area (Å²) >= 11 is 0. The van der Waals surface area contributed by atoms with Crippen LogP contribution >= 0.6 is 0 Å². The molecule has 0 radical (unpaired) electrons. The van der Waals surface area contributed by atoms with Crippen LogP contribution in [0.3, 0.4) is 0 Å². The van der Waals surface area contributed by atoms with Gasteiger partial charge in [0.05, 0.1) is 38.9 Å². The van der Waals surface area contributed by atoms with Gasteiger partial charge in [0.2, 0.25) is 5.91 Å². The van der Waals surface area contributed by atoms with Crippen molar-refractivity contribution in [3.63, 3.8) is 0 Å². The molecule has 0 aliphatic carbocycles. The summed E-state index contributed by atoms with van der Waals surface area (Å²) in [5.41, 5.74) is 0.456. The normalized spacial score (nSPS) is 24.4. The monoisotopic (exact) mass is 391 g/mol. The Morgan fingerprint density at radius 3 is 2.71 bits per heavy atom. The maximum atomic E-state index is 12.8. The van der Waals surface area contributed by atoms with Crippen LogP contribution in [0, 0.1) is 0 Å². The van der Waals surface area contributed by atoms with Crippen molar-refractivity contribution in [2.45, 2.75) is 31.0 Å². The summed E-state index contributed by atoms with van der Waals surface area (Å²) < 4.78 is 16.5. The molecule has 2 aliphatic rings. The van der Waals surface area contributed by atoms with Gasteiger partial charge in [0, 0.05) is 39.3 Å². The topological polar surface area (TPSA) is 80.3 Å². The van der Waals surface area contributed by atoms with Gasteiger partial charge in [-0.3, -0.25) is 14.5 Å². The van der Waals surface area contributed by atoms with Gasteiger partial charge >= 0.3 is 0 Å². The highest BCUT2D eigenvalue weighted by Gasteiger charge is 2.38. The third kappa shape index (κ3) is 4.39. The molecule has 3 rings (SSSR count). The van der Waals surface area contributed by atoms with Crippen LogP contribution in [-0.4, -0.2) is 87.8 Å². The Kier molecular flexibility index (Phi) is 6.41. The van der Waals surface area contributed by atoms with E-state index in [-0.39, 0.29) is 30.0 Å². The van der Waals surface area contributed by atoms with Crippen LogP contribution in [0.1, 0.15) is 23.2 Å². The predicted molar refractivity (Wildman–Crippen MR) is 104 cm³/mol. The quantitative estimate of drug-likeness (QED) is 0.771. The fraction of sp³-hybridized carbons (Fsp3) is 0.600. The number of morpholine rings is 1. The third-order valence-electron chi connectivity index (χ3n) is 5.37. The van der Waals surface area contributed by atoms with Crippen molar-refractivity contribution in [3.8, 4) is 11.5 Å². The second kappa shape index (κ2) is 8.79. The molecule has 1 N–H and O–H groups in total. The van der Waals surface area contributed by atoms with E-state index in [0.29, 0.717) is 36.6 Å². The van der Waals surface area contributed by atoms with Crippen LogP contribution in [0.2, 0.25) is 0 Å². The fourth-order valence-electron chi connectivity index (χ4n) is 3.88. The molecule has 2 amide bonds. The average Bonchev–Trinajstić information content (AvgIpc) is 3.08. The number of methoxy groups -OCH3 is 2. The summed E-state index contributed by atoms with van der Waals surface area (Å²) in [5, 5.41) is 3.10. The summed E-state index contributed by atoms with van der Waals surface area (Å²) in [6, 6.07) is 5.56. The molecule has 28 heavy (non-hydrogen) atoms. The maximum Gasteiger partial charge on any atom is 0.255 e. The van der Waals surface area contributed by atoms with Crippen molar-refractivity contribution in [2.24, 2.45) is 0 Å². The molecule has 1 aromatic rings. The van der Waals surface area contributed by atoms with Crippen LogP contribution < -0.4 is 14.8 Å². The molecule has 1 aromatic carbocycles. The largest absolute Gasteiger partial charge is 0.493 e. The lowest BCUT2D eigenvalue weighted by Gasteiger charge is -2.35. The van der Waals surface area contributed by atoms with Crippen LogP contribution in [0.4, 0.5) is 0 Å². The van der Waals surface area contributed by atoms with E-state index in [1.807, 2.05) is 0 Å². The number of nitrogens with one attached hydrogen (secondary N) is 1. The molecule has 8 nitrogen and oxygen atoms in total. The smallest absolute Gasteiger partial charge is 0.255 e. The minimum atomic E-state index is -0.180. The van der Waals surface area contributed by atoms with Crippen LogP contribution in [-0.2, 0) is 9.53 Å². The summed E-state index contributed by atoms with van der Waals surface area (Å²) in [7, 11) is 6.58. The number of nitrogens with zero attached hydrogens (tertiary/aromatic N) is 2. The lowest BCUT2D eigenvalue weighted by atomic mass is 10.1. The van der Waals surface area contributed by atoms with E-state index in [4.69, 9.17) is 14.2 Å². The van der Waals surface area contributed by atoms with Crippen molar-refractivity contribution < 1.29 is 23.8 Å². The third-order valence-corrected chi connectivity index (χ3v) is 5.37. The molecule has 2 fully saturated rings. The standard InChI is InChI=1S/C20H29N3O5/c1-22(2)18(24)9-15-11-23-10-13(8-14(23)12-28-15)21-20(25)16-6-5-7-17(26-3)19(16)27-4/h5-7,13-15H,8-12H2,1-4H3,(H,21,25)/t13-,14+,15+/m1/s1. The number of amides is 2. The highest BCUT2D eigenvalue weighted by molar-refractivity contribution is 5.98. The summed E-state index contributed by atoms with van der Waals surface area (Å²) in [5.74, 6) is 0.850.